The second kappa shape index (κ2) is 63.7. The first-order valence-electron chi connectivity index (χ1n) is 33.7. The lowest BCUT2D eigenvalue weighted by Gasteiger charge is -2.18. The van der Waals surface area contributed by atoms with Gasteiger partial charge in [0.15, 0.2) is 6.10 Å². The third-order valence-corrected chi connectivity index (χ3v) is 15.5. The van der Waals surface area contributed by atoms with Crippen LogP contribution in [0.3, 0.4) is 0 Å². The van der Waals surface area contributed by atoms with Gasteiger partial charge in [-0.15, -0.1) is 0 Å². The Morgan fingerprint density at radius 2 is 0.446 bits per heavy atom. The number of carbonyl (C=O) groups excluding carboxylic acids is 3. The molecule has 0 aromatic heterocycles. The number of esters is 3. The van der Waals surface area contributed by atoms with Crippen molar-refractivity contribution in [3.05, 3.63) is 12.2 Å². The van der Waals surface area contributed by atoms with Gasteiger partial charge < -0.3 is 14.2 Å². The topological polar surface area (TPSA) is 78.9 Å². The molecule has 0 saturated heterocycles. The summed E-state index contributed by atoms with van der Waals surface area (Å²) in [7, 11) is 0. The predicted molar refractivity (Wildman–Crippen MR) is 321 cm³/mol. The van der Waals surface area contributed by atoms with Crippen LogP contribution < -0.4 is 0 Å². The van der Waals surface area contributed by atoms with Crippen molar-refractivity contribution in [1.82, 2.24) is 0 Å². The second-order valence-corrected chi connectivity index (χ2v) is 23.1. The Bertz CT molecular complexity index is 1150. The fourth-order valence-corrected chi connectivity index (χ4v) is 10.4. The summed E-state index contributed by atoms with van der Waals surface area (Å²) in [6.45, 7) is 6.63. The van der Waals surface area contributed by atoms with Crippen LogP contribution in [-0.4, -0.2) is 37.2 Å². The predicted octanol–water partition coefficient (Wildman–Crippen LogP) is 22.8. The minimum atomic E-state index is -0.768. The molecule has 0 radical (unpaired) electrons. The smallest absolute Gasteiger partial charge is 0.306 e. The maximum Gasteiger partial charge on any atom is 0.306 e. The van der Waals surface area contributed by atoms with E-state index in [-0.39, 0.29) is 31.1 Å². The average Bonchev–Trinajstić information content (AvgIpc) is 3.40. The van der Waals surface area contributed by atoms with Crippen molar-refractivity contribution < 1.29 is 28.6 Å². The Labute approximate surface area is 462 Å². The summed E-state index contributed by atoms with van der Waals surface area (Å²) in [5, 5.41) is 0. The van der Waals surface area contributed by atoms with Gasteiger partial charge in [0.2, 0.25) is 0 Å². The maximum atomic E-state index is 12.8. The van der Waals surface area contributed by atoms with E-state index < -0.39 is 6.10 Å². The van der Waals surface area contributed by atoms with E-state index >= 15 is 0 Å². The average molecular weight is 1040 g/mol. The first kappa shape index (κ1) is 72.2. The Balaban J connectivity index is 3.85. The van der Waals surface area contributed by atoms with Crippen LogP contribution in [0.2, 0.25) is 0 Å². The van der Waals surface area contributed by atoms with E-state index in [2.05, 4.69) is 32.9 Å². The van der Waals surface area contributed by atoms with Crippen molar-refractivity contribution >= 4 is 17.9 Å². The van der Waals surface area contributed by atoms with Crippen molar-refractivity contribution in [2.24, 2.45) is 0 Å². The summed E-state index contributed by atoms with van der Waals surface area (Å²) < 4.78 is 16.8. The van der Waals surface area contributed by atoms with Crippen LogP contribution in [0.4, 0.5) is 0 Å². The van der Waals surface area contributed by atoms with Gasteiger partial charge in [-0.2, -0.15) is 0 Å². The number of hydrogen-bond donors (Lipinski definition) is 0. The fraction of sp³-hybridized carbons (Fsp3) is 0.926. The maximum absolute atomic E-state index is 12.8. The summed E-state index contributed by atoms with van der Waals surface area (Å²) >= 11 is 0. The zero-order chi connectivity index (χ0) is 53.6. The highest BCUT2D eigenvalue weighted by Crippen LogP contribution is 2.19. The molecule has 1 atom stereocenters. The van der Waals surface area contributed by atoms with Crippen molar-refractivity contribution in [3.8, 4) is 0 Å². The number of unbranched alkanes of at least 4 members (excludes halogenated alkanes) is 50. The molecule has 0 heterocycles. The number of ether oxygens (including phenoxy) is 3. The fourth-order valence-electron chi connectivity index (χ4n) is 10.4. The lowest BCUT2D eigenvalue weighted by Crippen LogP contribution is -2.30. The Morgan fingerprint density at radius 1 is 0.257 bits per heavy atom. The van der Waals surface area contributed by atoms with E-state index in [1.165, 1.54) is 283 Å². The molecule has 0 fully saturated rings. The Hall–Kier alpha value is -1.85. The van der Waals surface area contributed by atoms with Crippen LogP contribution in [0, 0.1) is 0 Å². The molecule has 0 rings (SSSR count). The summed E-state index contributed by atoms with van der Waals surface area (Å²) in [6, 6.07) is 0. The second-order valence-electron chi connectivity index (χ2n) is 23.1. The molecule has 0 spiro atoms. The van der Waals surface area contributed by atoms with E-state index in [0.29, 0.717) is 19.3 Å². The summed E-state index contributed by atoms with van der Waals surface area (Å²) in [4.78, 5) is 37.9. The standard InChI is InChI=1S/C68H130O6/c1-4-7-10-13-16-18-20-22-24-25-26-27-28-29-30-31-32-33-34-35-36-37-38-39-40-41-42-43-45-46-48-50-52-55-58-61-67(70)73-64-65(63-72-66(69)60-57-54-15-12-9-6-3)74-68(71)62-59-56-53-51-49-47-44-23-21-19-17-14-11-8-5-2/h23,44,65H,4-22,24-43,45-64H2,1-3H3/b44-23-. The van der Waals surface area contributed by atoms with Crippen LogP contribution in [0.25, 0.3) is 0 Å². The minimum absolute atomic E-state index is 0.0685. The van der Waals surface area contributed by atoms with Crippen LogP contribution in [0.1, 0.15) is 387 Å². The lowest BCUT2D eigenvalue weighted by molar-refractivity contribution is -0.167. The molecule has 0 aromatic rings. The first-order valence-corrected chi connectivity index (χ1v) is 33.7. The van der Waals surface area contributed by atoms with Gasteiger partial charge in [0.05, 0.1) is 0 Å². The quantitative estimate of drug-likeness (QED) is 0.0261. The highest BCUT2D eigenvalue weighted by atomic mass is 16.6. The molecule has 1 unspecified atom stereocenters. The third kappa shape index (κ3) is 61.0. The number of carbonyl (C=O) groups is 3. The minimum Gasteiger partial charge on any atom is -0.462 e. The highest BCUT2D eigenvalue weighted by Gasteiger charge is 2.19. The lowest BCUT2D eigenvalue weighted by atomic mass is 10.0. The highest BCUT2D eigenvalue weighted by molar-refractivity contribution is 5.71. The van der Waals surface area contributed by atoms with E-state index in [1.807, 2.05) is 0 Å². The molecular formula is C68H130O6. The zero-order valence-corrected chi connectivity index (χ0v) is 50.4. The normalized spacial score (nSPS) is 12.0. The van der Waals surface area contributed by atoms with Gasteiger partial charge in [0.25, 0.3) is 0 Å². The van der Waals surface area contributed by atoms with Crippen molar-refractivity contribution in [3.63, 3.8) is 0 Å². The van der Waals surface area contributed by atoms with Crippen molar-refractivity contribution in [2.45, 2.75) is 393 Å². The summed E-state index contributed by atoms with van der Waals surface area (Å²) in [6.07, 6.45) is 75.9. The van der Waals surface area contributed by atoms with Crippen LogP contribution in [0.15, 0.2) is 12.2 Å². The molecular weight excluding hydrogens is 913 g/mol. The van der Waals surface area contributed by atoms with Crippen LogP contribution >= 0.6 is 0 Å². The third-order valence-electron chi connectivity index (χ3n) is 15.5. The van der Waals surface area contributed by atoms with Crippen molar-refractivity contribution in [1.29, 1.82) is 0 Å². The summed E-state index contributed by atoms with van der Waals surface area (Å²) in [5.41, 5.74) is 0. The molecule has 0 aromatic carbocycles. The van der Waals surface area contributed by atoms with Gasteiger partial charge in [-0.05, 0) is 44.9 Å². The molecule has 0 amide bonds. The van der Waals surface area contributed by atoms with Crippen LogP contribution in [0.5, 0.6) is 0 Å². The molecule has 0 bridgehead atoms. The number of allylic oxidation sites excluding steroid dienone is 2. The molecule has 438 valence electrons. The zero-order valence-electron chi connectivity index (χ0n) is 50.4. The molecule has 0 N–H and O–H groups in total. The Kier molecular flexibility index (Phi) is 62.1. The van der Waals surface area contributed by atoms with Gasteiger partial charge in [-0.3, -0.25) is 14.4 Å². The molecule has 6 nitrogen and oxygen atoms in total. The van der Waals surface area contributed by atoms with E-state index in [1.54, 1.807) is 0 Å². The molecule has 0 aliphatic heterocycles. The molecule has 6 heteroatoms. The van der Waals surface area contributed by atoms with Gasteiger partial charge in [0.1, 0.15) is 13.2 Å². The van der Waals surface area contributed by atoms with Gasteiger partial charge in [-0.1, -0.05) is 335 Å². The van der Waals surface area contributed by atoms with Gasteiger partial charge in [0, 0.05) is 19.3 Å². The van der Waals surface area contributed by atoms with Gasteiger partial charge in [-0.25, -0.2) is 0 Å². The first-order chi connectivity index (χ1) is 36.5. The van der Waals surface area contributed by atoms with E-state index in [4.69, 9.17) is 14.2 Å². The molecule has 74 heavy (non-hydrogen) atoms. The van der Waals surface area contributed by atoms with Crippen LogP contribution in [-0.2, 0) is 28.6 Å². The molecule has 0 saturated carbocycles. The summed E-state index contributed by atoms with van der Waals surface area (Å²) in [5.74, 6) is -0.864. The largest absolute Gasteiger partial charge is 0.462 e. The number of hydrogen-bond acceptors (Lipinski definition) is 6. The molecule has 0 aliphatic carbocycles. The van der Waals surface area contributed by atoms with E-state index in [9.17, 15) is 14.4 Å². The molecule has 0 aliphatic rings. The number of rotatable bonds is 63. The Morgan fingerprint density at radius 3 is 0.676 bits per heavy atom. The van der Waals surface area contributed by atoms with Gasteiger partial charge >= 0.3 is 17.9 Å². The SMILES string of the molecule is CCCCCCCC/C=C\CCCCCCCC(=O)OC(COC(=O)CCCCCCCC)COC(=O)CCCCCCCCCCCCCCCCCCCCCCCCCCCCCCCCCCCCC. The monoisotopic (exact) mass is 1040 g/mol. The van der Waals surface area contributed by atoms with Crippen molar-refractivity contribution in [2.75, 3.05) is 13.2 Å². The van der Waals surface area contributed by atoms with E-state index in [0.717, 1.165) is 64.2 Å².